The molecule has 0 amide bonds. The second kappa shape index (κ2) is 71.4. The van der Waals surface area contributed by atoms with Gasteiger partial charge in [0.25, 0.3) is 0 Å². The van der Waals surface area contributed by atoms with Crippen molar-refractivity contribution >= 4 is 35.8 Å². The van der Waals surface area contributed by atoms with Crippen molar-refractivity contribution in [3.8, 4) is 0 Å². The van der Waals surface area contributed by atoms with E-state index in [1.807, 2.05) is 0 Å². The van der Waals surface area contributed by atoms with Crippen molar-refractivity contribution in [2.75, 3.05) is 0 Å². The van der Waals surface area contributed by atoms with E-state index in [0.29, 0.717) is 0 Å². The zero-order valence-electron chi connectivity index (χ0n) is 42.5. The Morgan fingerprint density at radius 2 is 0.393 bits per heavy atom. The summed E-state index contributed by atoms with van der Waals surface area (Å²) in [5.41, 5.74) is 0. The topological polar surface area (TPSA) is 80.3 Å². The molecule has 4 radical (unpaired) electrons. The van der Waals surface area contributed by atoms with Crippen LogP contribution < -0.4 is 10.2 Å². The van der Waals surface area contributed by atoms with E-state index in [1.165, 1.54) is 257 Å². The van der Waals surface area contributed by atoms with Gasteiger partial charge in [0.2, 0.25) is 0 Å². The maximum atomic E-state index is 10.2. The van der Waals surface area contributed by atoms with Crippen molar-refractivity contribution in [1.82, 2.24) is 0 Å². The van der Waals surface area contributed by atoms with Crippen LogP contribution in [0.1, 0.15) is 336 Å². The van der Waals surface area contributed by atoms with Gasteiger partial charge in [-0.15, -0.1) is 0 Å². The molecular formula is C56H112O4Sn. The van der Waals surface area contributed by atoms with Gasteiger partial charge in [0, 0.05) is 11.9 Å². The summed E-state index contributed by atoms with van der Waals surface area (Å²) in [4.78, 5) is 20.5. The van der Waals surface area contributed by atoms with E-state index in [0.717, 1.165) is 38.5 Å². The van der Waals surface area contributed by atoms with E-state index in [4.69, 9.17) is 0 Å². The van der Waals surface area contributed by atoms with E-state index in [1.54, 1.807) is 0 Å². The van der Waals surface area contributed by atoms with Gasteiger partial charge in [0.05, 0.1) is 0 Å². The first-order chi connectivity index (χ1) is 29.4. The van der Waals surface area contributed by atoms with Crippen LogP contribution in [-0.4, -0.2) is 35.8 Å². The summed E-state index contributed by atoms with van der Waals surface area (Å²) in [6.45, 7) is 16.6. The van der Waals surface area contributed by atoms with Crippen molar-refractivity contribution < 1.29 is 19.8 Å². The summed E-state index contributed by atoms with van der Waals surface area (Å²) in [6, 6.07) is 0. The van der Waals surface area contributed by atoms with Crippen LogP contribution in [0.5, 0.6) is 0 Å². The molecule has 0 aromatic heterocycles. The van der Waals surface area contributed by atoms with Gasteiger partial charge >= 0.3 is 23.9 Å². The summed E-state index contributed by atoms with van der Waals surface area (Å²) < 4.78 is 0. The third-order valence-corrected chi connectivity index (χ3v) is 11.7. The van der Waals surface area contributed by atoms with Gasteiger partial charge in [-0.3, -0.25) is 0 Å². The number of hydrogen-bond donors (Lipinski definition) is 0. The molecule has 0 aliphatic carbocycles. The van der Waals surface area contributed by atoms with Crippen LogP contribution in [0.2, 0.25) is 0 Å². The van der Waals surface area contributed by atoms with Gasteiger partial charge in [0.15, 0.2) is 0 Å². The number of carboxylic acids is 2. The Labute approximate surface area is 403 Å². The second-order valence-electron chi connectivity index (χ2n) is 18.1. The largest absolute Gasteiger partial charge is 2.00 e. The molecule has 364 valence electrons. The summed E-state index contributed by atoms with van der Waals surface area (Å²) >= 11 is 0. The van der Waals surface area contributed by atoms with Crippen molar-refractivity contribution in [3.63, 3.8) is 0 Å². The molecule has 4 nitrogen and oxygen atoms in total. The quantitative estimate of drug-likeness (QED) is 0.0450. The Bertz CT molecular complexity index is 657. The number of hydrogen-bond acceptors (Lipinski definition) is 4. The third kappa shape index (κ3) is 87.4. The Kier molecular flexibility index (Phi) is 81.6. The minimum absolute atomic E-state index is 0. The fraction of sp³-hybridized carbons (Fsp3) is 0.929. The van der Waals surface area contributed by atoms with Crippen LogP contribution in [0.15, 0.2) is 0 Å². The van der Waals surface area contributed by atoms with Gasteiger partial charge in [-0.05, 0) is 25.7 Å². The molecule has 0 aromatic rings. The van der Waals surface area contributed by atoms with E-state index < -0.39 is 11.9 Å². The van der Waals surface area contributed by atoms with Crippen LogP contribution >= 0.6 is 0 Å². The van der Waals surface area contributed by atoms with Crippen LogP contribution in [0.3, 0.4) is 0 Å². The van der Waals surface area contributed by atoms with Crippen LogP contribution in [0.4, 0.5) is 0 Å². The maximum Gasteiger partial charge on any atom is 2.00 e. The number of carbonyl (C=O) groups excluding carboxylic acids is 2. The fourth-order valence-electron chi connectivity index (χ4n) is 7.55. The van der Waals surface area contributed by atoms with Gasteiger partial charge in [-0.2, -0.15) is 0 Å². The first-order valence-electron chi connectivity index (χ1n) is 27.4. The molecule has 0 rings (SSSR count). The Hall–Kier alpha value is -0.261. The molecule has 0 aliphatic rings. The third-order valence-electron chi connectivity index (χ3n) is 11.7. The van der Waals surface area contributed by atoms with Gasteiger partial charge in [-0.25, -0.2) is 0 Å². The van der Waals surface area contributed by atoms with Crippen molar-refractivity contribution in [3.05, 3.63) is 13.8 Å². The molecule has 0 unspecified atom stereocenters. The molecule has 0 aromatic carbocycles. The molecule has 0 atom stereocenters. The molecule has 0 N–H and O–H groups in total. The number of carbonyl (C=O) groups is 2. The summed E-state index contributed by atoms with van der Waals surface area (Å²) in [5, 5.41) is 20.5. The number of aliphatic carboxylic acids is 2. The van der Waals surface area contributed by atoms with Crippen molar-refractivity contribution in [2.45, 2.75) is 336 Å². The monoisotopic (exact) mass is 969 g/mol. The van der Waals surface area contributed by atoms with E-state index in [2.05, 4.69) is 41.5 Å². The smallest absolute Gasteiger partial charge is 0.550 e. The summed E-state index contributed by atoms with van der Waals surface area (Å²) in [6.07, 6.45) is 61.5. The predicted octanol–water partition coefficient (Wildman–Crippen LogP) is 17.5. The van der Waals surface area contributed by atoms with Crippen LogP contribution in [-0.2, 0) is 9.59 Å². The van der Waals surface area contributed by atoms with Gasteiger partial charge in [-0.1, -0.05) is 324 Å². The number of carboxylic acid groups (broad SMARTS) is 2. The van der Waals surface area contributed by atoms with E-state index in [-0.39, 0.29) is 36.7 Å². The molecule has 0 spiro atoms. The molecule has 0 aliphatic heterocycles. The van der Waals surface area contributed by atoms with Crippen molar-refractivity contribution in [2.24, 2.45) is 0 Å². The standard InChI is InChI=1S/2C20H40O2.2C8H17.Sn/c2*1-2-3-4-5-6-7-8-9-10-11-12-13-14-15-16-17-18-19-20(21)22;2*1-3-5-7-8-6-4-2;/h2*2-19H2,1H3,(H,21,22);2*1,3-8H2,2H3;/q;;;;+2/p-2. The normalized spacial score (nSPS) is 10.5. The first-order valence-corrected chi connectivity index (χ1v) is 27.4. The van der Waals surface area contributed by atoms with E-state index in [9.17, 15) is 19.8 Å². The molecule has 0 saturated heterocycles. The predicted molar refractivity (Wildman–Crippen MR) is 271 cm³/mol. The second-order valence-corrected chi connectivity index (χ2v) is 18.1. The zero-order chi connectivity index (χ0) is 45.1. The van der Waals surface area contributed by atoms with Gasteiger partial charge < -0.3 is 19.8 Å². The molecule has 0 fully saturated rings. The Morgan fingerprint density at radius 1 is 0.262 bits per heavy atom. The Morgan fingerprint density at radius 3 is 0.525 bits per heavy atom. The number of unbranched alkanes of at least 4 members (excludes halogenated alkanes) is 42. The molecule has 0 heterocycles. The fourth-order valence-corrected chi connectivity index (χ4v) is 7.55. The molecular weight excluding hydrogens is 855 g/mol. The molecule has 0 bridgehead atoms. The summed E-state index contributed by atoms with van der Waals surface area (Å²) in [7, 11) is 0. The first kappa shape index (κ1) is 69.8. The average molecular weight is 968 g/mol. The summed E-state index contributed by atoms with van der Waals surface area (Å²) in [5.74, 6) is -1.80. The number of rotatable bonds is 46. The maximum absolute atomic E-state index is 10.2. The molecule has 0 saturated carbocycles. The van der Waals surface area contributed by atoms with E-state index >= 15 is 0 Å². The van der Waals surface area contributed by atoms with Crippen LogP contribution in [0, 0.1) is 13.8 Å². The zero-order valence-corrected chi connectivity index (χ0v) is 45.3. The van der Waals surface area contributed by atoms with Crippen molar-refractivity contribution in [1.29, 1.82) is 0 Å². The molecule has 61 heavy (non-hydrogen) atoms. The SMILES string of the molecule is CCCCCCCCCCCCCCCCCCCC(=O)[O-].CCCCCCCCCCCCCCCCCCCC(=O)[O-].[CH2]CCCCCCC.[CH2]CCCCCCC.[Sn+2]. The average Bonchev–Trinajstić information content (AvgIpc) is 3.24. The minimum atomic E-state index is -0.902. The molecule has 5 heteroatoms. The van der Waals surface area contributed by atoms with Crippen LogP contribution in [0.25, 0.3) is 0 Å². The Balaban J connectivity index is -0.000000250. The van der Waals surface area contributed by atoms with Gasteiger partial charge in [0.1, 0.15) is 0 Å². The minimum Gasteiger partial charge on any atom is -0.550 e.